The summed E-state index contributed by atoms with van der Waals surface area (Å²) in [5, 5.41) is 1.09. The molecule has 0 unspecified atom stereocenters. The number of aryl methyl sites for hydroxylation is 2. The summed E-state index contributed by atoms with van der Waals surface area (Å²) in [4.78, 5) is 38.3. The van der Waals surface area contributed by atoms with E-state index in [0.717, 1.165) is 48.7 Å². The molecule has 2 aliphatic carbocycles. The van der Waals surface area contributed by atoms with Crippen molar-refractivity contribution in [3.8, 4) is 5.88 Å². The molecule has 2 amide bonds. The van der Waals surface area contributed by atoms with Crippen LogP contribution in [0.25, 0.3) is 10.2 Å². The topological polar surface area (TPSA) is 72.4 Å². The molecule has 3 aromatic rings. The number of thiophene rings is 1. The van der Waals surface area contributed by atoms with Crippen LogP contribution in [0.2, 0.25) is 0 Å². The van der Waals surface area contributed by atoms with E-state index in [1.807, 2.05) is 12.1 Å². The second-order valence-corrected chi connectivity index (χ2v) is 9.37. The van der Waals surface area contributed by atoms with Crippen LogP contribution in [0.3, 0.4) is 0 Å². The molecule has 3 aliphatic rings. The van der Waals surface area contributed by atoms with E-state index in [2.05, 4.69) is 9.97 Å². The fourth-order valence-electron chi connectivity index (χ4n) is 5.11. The van der Waals surface area contributed by atoms with Gasteiger partial charge >= 0.3 is 0 Å². The van der Waals surface area contributed by atoms with Crippen LogP contribution >= 0.6 is 11.3 Å². The van der Waals surface area contributed by atoms with Crippen LogP contribution in [-0.4, -0.2) is 38.8 Å². The van der Waals surface area contributed by atoms with Gasteiger partial charge in [0.2, 0.25) is 5.88 Å². The second kappa shape index (κ2) is 6.87. The monoisotopic (exact) mass is 419 g/mol. The Kier molecular flexibility index (Phi) is 4.13. The van der Waals surface area contributed by atoms with Crippen molar-refractivity contribution in [2.24, 2.45) is 0 Å². The maximum atomic E-state index is 12.8. The number of amides is 2. The SMILES string of the molecule is O=C1c2ccccc2C(=O)N1[C@H]1CC[C@H](Oc2ncnc3sc4c(c23)CCC4)CC1. The Balaban J connectivity index is 1.18. The maximum absolute atomic E-state index is 12.8. The molecule has 7 heteroatoms. The third-order valence-electron chi connectivity index (χ3n) is 6.58. The van der Waals surface area contributed by atoms with E-state index in [1.54, 1.807) is 29.8 Å². The van der Waals surface area contributed by atoms with Crippen molar-refractivity contribution in [2.45, 2.75) is 57.1 Å². The Labute approximate surface area is 177 Å². The Hall–Kier alpha value is -2.80. The van der Waals surface area contributed by atoms with Crippen LogP contribution in [0.15, 0.2) is 30.6 Å². The molecule has 1 fully saturated rings. The van der Waals surface area contributed by atoms with Gasteiger partial charge in [0.15, 0.2) is 0 Å². The van der Waals surface area contributed by atoms with E-state index >= 15 is 0 Å². The highest BCUT2D eigenvalue weighted by Gasteiger charge is 2.41. The van der Waals surface area contributed by atoms with Crippen molar-refractivity contribution in [3.05, 3.63) is 52.2 Å². The van der Waals surface area contributed by atoms with Crippen LogP contribution in [0, 0.1) is 0 Å². The zero-order valence-corrected chi connectivity index (χ0v) is 17.3. The van der Waals surface area contributed by atoms with E-state index in [-0.39, 0.29) is 24.0 Å². The molecule has 1 aromatic carbocycles. The quantitative estimate of drug-likeness (QED) is 0.596. The highest BCUT2D eigenvalue weighted by Crippen LogP contribution is 2.41. The van der Waals surface area contributed by atoms with Gasteiger partial charge in [-0.2, -0.15) is 0 Å². The van der Waals surface area contributed by atoms with Crippen molar-refractivity contribution in [3.63, 3.8) is 0 Å². The lowest BCUT2D eigenvalue weighted by Gasteiger charge is -2.33. The zero-order valence-electron chi connectivity index (χ0n) is 16.5. The van der Waals surface area contributed by atoms with Crippen molar-refractivity contribution >= 4 is 33.4 Å². The Bertz CT molecular complexity index is 1140. The third-order valence-corrected chi connectivity index (χ3v) is 7.78. The van der Waals surface area contributed by atoms with Crippen LogP contribution in [0.4, 0.5) is 0 Å². The summed E-state index contributed by atoms with van der Waals surface area (Å²) in [6, 6.07) is 7.03. The number of carbonyl (C=O) groups is 2. The van der Waals surface area contributed by atoms with E-state index in [4.69, 9.17) is 4.74 Å². The Morgan fingerprint density at radius 2 is 1.70 bits per heavy atom. The smallest absolute Gasteiger partial charge is 0.261 e. The normalized spacial score (nSPS) is 23.1. The Morgan fingerprint density at radius 1 is 0.967 bits per heavy atom. The van der Waals surface area contributed by atoms with Gasteiger partial charge in [-0.1, -0.05) is 12.1 Å². The minimum Gasteiger partial charge on any atom is -0.474 e. The van der Waals surface area contributed by atoms with Gasteiger partial charge in [-0.25, -0.2) is 9.97 Å². The van der Waals surface area contributed by atoms with Gasteiger partial charge < -0.3 is 4.74 Å². The first kappa shape index (κ1) is 18.0. The summed E-state index contributed by atoms with van der Waals surface area (Å²) in [7, 11) is 0. The zero-order chi connectivity index (χ0) is 20.2. The van der Waals surface area contributed by atoms with Gasteiger partial charge in [0.1, 0.15) is 17.3 Å². The first-order valence-corrected chi connectivity index (χ1v) is 11.4. The summed E-state index contributed by atoms with van der Waals surface area (Å²) >= 11 is 1.76. The van der Waals surface area contributed by atoms with Gasteiger partial charge in [-0.05, 0) is 62.6 Å². The molecule has 0 saturated heterocycles. The molecule has 3 heterocycles. The molecule has 30 heavy (non-hydrogen) atoms. The lowest BCUT2D eigenvalue weighted by atomic mass is 9.92. The number of hydrogen-bond acceptors (Lipinski definition) is 6. The molecule has 6 nitrogen and oxygen atoms in total. The first-order valence-electron chi connectivity index (χ1n) is 10.6. The minimum absolute atomic E-state index is 0.0477. The number of hydrogen-bond donors (Lipinski definition) is 0. The van der Waals surface area contributed by atoms with Gasteiger partial charge in [0, 0.05) is 10.9 Å². The molecule has 0 spiro atoms. The molecule has 1 aliphatic heterocycles. The predicted molar refractivity (Wildman–Crippen MR) is 113 cm³/mol. The number of benzene rings is 1. The number of ether oxygens (including phenoxy) is 1. The number of imide groups is 1. The standard InChI is InChI=1S/C23H21N3O3S/c27-22-15-4-1-2-5-16(15)23(28)26(22)13-8-10-14(11-9-13)29-20-19-17-6-3-7-18(17)30-21(19)25-12-24-20/h1-2,4-5,12-14H,3,6-11H2/t13-,14-. The molecular weight excluding hydrogens is 398 g/mol. The highest BCUT2D eigenvalue weighted by molar-refractivity contribution is 7.18. The van der Waals surface area contributed by atoms with Crippen molar-refractivity contribution in [2.75, 3.05) is 0 Å². The van der Waals surface area contributed by atoms with Crippen molar-refractivity contribution < 1.29 is 14.3 Å². The van der Waals surface area contributed by atoms with Crippen LogP contribution < -0.4 is 4.74 Å². The van der Waals surface area contributed by atoms with Gasteiger partial charge in [0.25, 0.3) is 11.8 Å². The largest absolute Gasteiger partial charge is 0.474 e. The van der Waals surface area contributed by atoms with E-state index in [1.165, 1.54) is 21.8 Å². The third kappa shape index (κ3) is 2.68. The lowest BCUT2D eigenvalue weighted by Crippen LogP contribution is -2.43. The Morgan fingerprint density at radius 3 is 2.43 bits per heavy atom. The number of carbonyl (C=O) groups excluding carboxylic acids is 2. The van der Waals surface area contributed by atoms with Gasteiger partial charge in [0.05, 0.1) is 16.5 Å². The van der Waals surface area contributed by atoms with Gasteiger partial charge in [-0.15, -0.1) is 11.3 Å². The molecule has 0 bridgehead atoms. The predicted octanol–water partition coefficient (Wildman–Crippen LogP) is 4.17. The van der Waals surface area contributed by atoms with E-state index in [9.17, 15) is 9.59 Å². The number of aromatic nitrogens is 2. The molecule has 0 radical (unpaired) electrons. The van der Waals surface area contributed by atoms with Crippen LogP contribution in [-0.2, 0) is 12.8 Å². The molecule has 0 atom stereocenters. The number of rotatable bonds is 3. The minimum atomic E-state index is -0.161. The number of fused-ring (bicyclic) bond motifs is 4. The second-order valence-electron chi connectivity index (χ2n) is 8.29. The lowest BCUT2D eigenvalue weighted by molar-refractivity contribution is 0.0475. The van der Waals surface area contributed by atoms with Gasteiger partial charge in [-0.3, -0.25) is 14.5 Å². The first-order chi connectivity index (χ1) is 14.7. The molecule has 152 valence electrons. The van der Waals surface area contributed by atoms with E-state index in [0.29, 0.717) is 17.0 Å². The summed E-state index contributed by atoms with van der Waals surface area (Å²) in [5.74, 6) is 0.376. The fourth-order valence-corrected chi connectivity index (χ4v) is 6.33. The summed E-state index contributed by atoms with van der Waals surface area (Å²) in [6.45, 7) is 0. The average Bonchev–Trinajstić information content (AvgIpc) is 3.42. The molecule has 1 saturated carbocycles. The number of nitrogens with zero attached hydrogens (tertiary/aromatic N) is 3. The molecule has 2 aromatic heterocycles. The van der Waals surface area contributed by atoms with Crippen molar-refractivity contribution in [1.29, 1.82) is 0 Å². The van der Waals surface area contributed by atoms with Crippen LogP contribution in [0.1, 0.15) is 63.3 Å². The van der Waals surface area contributed by atoms with Crippen molar-refractivity contribution in [1.82, 2.24) is 14.9 Å². The summed E-state index contributed by atoms with van der Waals surface area (Å²) in [5.41, 5.74) is 2.41. The molecular formula is C23H21N3O3S. The molecule has 0 N–H and O–H groups in total. The summed E-state index contributed by atoms with van der Waals surface area (Å²) < 4.78 is 6.35. The maximum Gasteiger partial charge on any atom is 0.261 e. The van der Waals surface area contributed by atoms with Crippen LogP contribution in [0.5, 0.6) is 5.88 Å². The fraction of sp³-hybridized carbons (Fsp3) is 0.391. The molecule has 6 rings (SSSR count). The average molecular weight is 420 g/mol. The highest BCUT2D eigenvalue weighted by atomic mass is 32.1. The van der Waals surface area contributed by atoms with E-state index < -0.39 is 0 Å². The summed E-state index contributed by atoms with van der Waals surface area (Å²) in [6.07, 6.45) is 8.15.